The first kappa shape index (κ1) is 26.7. The first-order chi connectivity index (χ1) is 17.0. The number of nitrogens with zero attached hydrogens (tertiary/aromatic N) is 2. The van der Waals surface area contributed by atoms with Crippen LogP contribution in [0.5, 0.6) is 0 Å². The smallest absolute Gasteiger partial charge is 0.123 e. The lowest BCUT2D eigenvalue weighted by molar-refractivity contribution is 0.159. The number of nitrogens with one attached hydrogen (secondary N) is 1. The van der Waals surface area contributed by atoms with Gasteiger partial charge in [-0.25, -0.2) is 13.7 Å². The van der Waals surface area contributed by atoms with E-state index in [1.807, 2.05) is 18.2 Å². The fraction of sp³-hybridized carbons (Fsp3) is 0.370. The highest BCUT2D eigenvalue weighted by Crippen LogP contribution is 2.40. The van der Waals surface area contributed by atoms with Gasteiger partial charge in [0.15, 0.2) is 0 Å². The van der Waals surface area contributed by atoms with E-state index in [2.05, 4.69) is 37.1 Å². The van der Waals surface area contributed by atoms with Gasteiger partial charge in [-0.2, -0.15) is 5.26 Å². The van der Waals surface area contributed by atoms with Crippen LogP contribution < -0.4 is 10.5 Å². The van der Waals surface area contributed by atoms with E-state index in [1.54, 1.807) is 35.6 Å². The monoisotopic (exact) mass is 542 g/mol. The molecule has 1 aliphatic rings. The summed E-state index contributed by atoms with van der Waals surface area (Å²) in [7, 11) is -2.90. The van der Waals surface area contributed by atoms with Crippen LogP contribution in [0, 0.1) is 17.1 Å². The zero-order chi connectivity index (χ0) is 26.1. The highest BCUT2D eigenvalue weighted by atomic mass is 32.8. The van der Waals surface area contributed by atoms with Crippen LogP contribution in [0.25, 0.3) is 0 Å². The molecule has 9 heteroatoms. The van der Waals surface area contributed by atoms with Crippen LogP contribution in [0.1, 0.15) is 54.3 Å². The summed E-state index contributed by atoms with van der Waals surface area (Å²) in [5.74, 6) is -0.226. The number of rotatable bonds is 8. The molecule has 5 nitrogen and oxygen atoms in total. The topological polar surface area (TPSA) is 82.1 Å². The summed E-state index contributed by atoms with van der Waals surface area (Å²) in [5, 5.41) is 20.2. The van der Waals surface area contributed by atoms with Crippen LogP contribution in [-0.2, 0) is 45.8 Å². The molecule has 0 amide bonds. The third kappa shape index (κ3) is 6.13. The first-order valence-electron chi connectivity index (χ1n) is 11.9. The van der Waals surface area contributed by atoms with Gasteiger partial charge in [-0.05, 0) is 68.5 Å². The largest absolute Gasteiger partial charge is 0.371 e. The van der Waals surface area contributed by atoms with E-state index in [0.717, 1.165) is 34.5 Å². The molecule has 36 heavy (non-hydrogen) atoms. The second-order valence-electron chi connectivity index (χ2n) is 10.00. The Hall–Kier alpha value is -2.35. The molecule has 0 saturated carbocycles. The standard InChI is InChI=1S/C27H31FN4OS3/c1-4-21-13-25-24(17-32(21)16-19-6-5-7-20(28)12-19)23(15-29)26(35-25)31-27(2,3)14-18-8-10-22(11-9-18)36(30,33)34/h5-12,21,31H,4,13-14,16-17H2,1-3H3,(H2,30,33,34). The lowest BCUT2D eigenvalue weighted by Crippen LogP contribution is -2.39. The summed E-state index contributed by atoms with van der Waals surface area (Å²) in [6.07, 6.45) is 2.56. The molecule has 1 aliphatic heterocycles. The average Bonchev–Trinajstić information content (AvgIpc) is 3.12. The van der Waals surface area contributed by atoms with Crippen molar-refractivity contribution >= 4 is 36.2 Å². The molecule has 2 heterocycles. The summed E-state index contributed by atoms with van der Waals surface area (Å²) < 4.78 is 25.7. The number of nitrogens with two attached hydrogens (primary N) is 1. The number of halogens is 1. The molecule has 0 radical (unpaired) electrons. The number of hydrogen-bond donors (Lipinski definition) is 2. The maximum atomic E-state index is 13.8. The summed E-state index contributed by atoms with van der Waals surface area (Å²) in [4.78, 5) is 4.06. The molecular weight excluding hydrogens is 512 g/mol. The van der Waals surface area contributed by atoms with Crippen LogP contribution >= 0.6 is 11.3 Å². The molecule has 3 N–H and O–H groups in total. The van der Waals surface area contributed by atoms with Crippen LogP contribution in [0.4, 0.5) is 9.39 Å². The quantitative estimate of drug-likeness (QED) is 0.392. The van der Waals surface area contributed by atoms with E-state index < -0.39 is 8.68 Å². The molecule has 0 bridgehead atoms. The Morgan fingerprint density at radius 3 is 2.61 bits per heavy atom. The van der Waals surface area contributed by atoms with Gasteiger partial charge in [0.1, 0.15) is 25.6 Å². The summed E-state index contributed by atoms with van der Waals surface area (Å²) in [6, 6.07) is 16.8. The lowest BCUT2D eigenvalue weighted by atomic mass is 9.94. The van der Waals surface area contributed by atoms with Gasteiger partial charge in [-0.3, -0.25) is 4.90 Å². The van der Waals surface area contributed by atoms with E-state index in [4.69, 9.17) is 16.3 Å². The lowest BCUT2D eigenvalue weighted by Gasteiger charge is -2.35. The van der Waals surface area contributed by atoms with Gasteiger partial charge in [0.05, 0.1) is 10.5 Å². The Bertz CT molecular complexity index is 1390. The minimum Gasteiger partial charge on any atom is -0.371 e. The van der Waals surface area contributed by atoms with E-state index in [-0.39, 0.29) is 11.4 Å². The summed E-state index contributed by atoms with van der Waals surface area (Å²) in [6.45, 7) is 7.71. The molecule has 0 aliphatic carbocycles. The second kappa shape index (κ2) is 10.6. The van der Waals surface area contributed by atoms with Crippen molar-refractivity contribution < 1.29 is 8.60 Å². The number of benzene rings is 2. The van der Waals surface area contributed by atoms with Crippen LogP contribution in [0.2, 0.25) is 0 Å². The third-order valence-electron chi connectivity index (χ3n) is 6.60. The Morgan fingerprint density at radius 2 is 2.00 bits per heavy atom. The van der Waals surface area contributed by atoms with Crippen LogP contribution in [0.3, 0.4) is 0 Å². The molecule has 0 saturated heterocycles. The number of nitriles is 1. The predicted octanol–water partition coefficient (Wildman–Crippen LogP) is 5.51. The maximum absolute atomic E-state index is 13.8. The SMILES string of the molecule is CCC1Cc2sc(NC(C)(C)Cc3ccc(S(N)(=O)=S)cc3)c(C#N)c2CN1Cc1cccc(F)c1. The normalized spacial score (nSPS) is 17.7. The van der Waals surface area contributed by atoms with Crippen LogP contribution in [-0.4, -0.2) is 20.7 Å². The highest BCUT2D eigenvalue weighted by molar-refractivity contribution is 8.31. The molecule has 2 unspecified atom stereocenters. The molecular formula is C27H31FN4OS3. The number of hydrogen-bond acceptors (Lipinski definition) is 6. The van der Waals surface area contributed by atoms with E-state index in [0.29, 0.717) is 36.0 Å². The predicted molar refractivity (Wildman–Crippen MR) is 148 cm³/mol. The molecule has 2 atom stereocenters. The van der Waals surface area contributed by atoms with Crippen molar-refractivity contribution in [3.8, 4) is 6.07 Å². The average molecular weight is 543 g/mol. The van der Waals surface area contributed by atoms with Gasteiger partial charge < -0.3 is 5.32 Å². The Balaban J connectivity index is 1.54. The van der Waals surface area contributed by atoms with Crippen molar-refractivity contribution in [1.82, 2.24) is 4.90 Å². The van der Waals surface area contributed by atoms with Gasteiger partial charge in [0, 0.05) is 46.3 Å². The van der Waals surface area contributed by atoms with Gasteiger partial charge in [0.2, 0.25) is 0 Å². The molecule has 190 valence electrons. The van der Waals surface area contributed by atoms with Crippen molar-refractivity contribution in [1.29, 1.82) is 5.26 Å². The van der Waals surface area contributed by atoms with Crippen molar-refractivity contribution in [3.63, 3.8) is 0 Å². The van der Waals surface area contributed by atoms with Gasteiger partial charge >= 0.3 is 0 Å². The fourth-order valence-corrected chi connectivity index (χ4v) is 7.10. The third-order valence-corrected chi connectivity index (χ3v) is 9.27. The van der Waals surface area contributed by atoms with E-state index >= 15 is 0 Å². The second-order valence-corrected chi connectivity index (χ2v) is 14.1. The number of anilines is 1. The van der Waals surface area contributed by atoms with E-state index in [9.17, 15) is 13.9 Å². The minimum absolute atomic E-state index is 0.226. The Kier molecular flexibility index (Phi) is 7.83. The zero-order valence-corrected chi connectivity index (χ0v) is 23.2. The summed E-state index contributed by atoms with van der Waals surface area (Å²) >= 11 is 6.54. The first-order valence-corrected chi connectivity index (χ1v) is 15.3. The zero-order valence-electron chi connectivity index (χ0n) is 20.7. The highest BCUT2D eigenvalue weighted by Gasteiger charge is 2.32. The molecule has 4 rings (SSSR count). The van der Waals surface area contributed by atoms with Crippen molar-refractivity contribution in [2.75, 3.05) is 5.32 Å². The van der Waals surface area contributed by atoms with Crippen molar-refractivity contribution in [2.24, 2.45) is 5.14 Å². The van der Waals surface area contributed by atoms with Crippen molar-refractivity contribution in [2.45, 2.75) is 69.6 Å². The van der Waals surface area contributed by atoms with Gasteiger partial charge in [-0.1, -0.05) is 31.2 Å². The number of fused-ring (bicyclic) bond motifs is 1. The maximum Gasteiger partial charge on any atom is 0.123 e. The molecule has 1 aromatic heterocycles. The molecule has 3 aromatic rings. The number of thiophene rings is 1. The summed E-state index contributed by atoms with van der Waals surface area (Å²) in [5.41, 5.74) is 3.45. The Labute approximate surface area is 221 Å². The Morgan fingerprint density at radius 1 is 1.28 bits per heavy atom. The molecule has 0 spiro atoms. The van der Waals surface area contributed by atoms with E-state index in [1.165, 1.54) is 10.9 Å². The van der Waals surface area contributed by atoms with Crippen molar-refractivity contribution in [3.05, 3.63) is 81.5 Å². The minimum atomic E-state index is -2.90. The van der Waals surface area contributed by atoms with Crippen LogP contribution in [0.15, 0.2) is 53.4 Å². The molecule has 2 aromatic carbocycles. The van der Waals surface area contributed by atoms with Gasteiger partial charge in [0.25, 0.3) is 0 Å². The molecule has 0 fully saturated rings. The van der Waals surface area contributed by atoms with Gasteiger partial charge in [-0.15, -0.1) is 11.3 Å². The fourth-order valence-electron chi connectivity index (χ4n) is 4.84.